The first-order valence-electron chi connectivity index (χ1n) is 4.48. The monoisotopic (exact) mass is 272 g/mol. The van der Waals surface area contributed by atoms with E-state index in [-0.39, 0.29) is 5.56 Å². The third kappa shape index (κ3) is 3.64. The smallest absolute Gasteiger partial charge is 0.405 e. The zero-order valence-corrected chi connectivity index (χ0v) is 8.82. The Hall–Kier alpha value is -1.73. The van der Waals surface area contributed by atoms with E-state index >= 15 is 0 Å². The van der Waals surface area contributed by atoms with Crippen LogP contribution in [0.3, 0.4) is 0 Å². The molecule has 8 heteroatoms. The SMILES string of the molecule is CC(=O)c1ccc(OC(F)(F)F)c(C(F)(F)F)c1. The molecular formula is C10H6F6O2. The molecule has 0 aliphatic heterocycles. The van der Waals surface area contributed by atoms with E-state index in [0.29, 0.717) is 12.1 Å². The normalized spacial score (nSPS) is 12.4. The van der Waals surface area contributed by atoms with Gasteiger partial charge in [0.2, 0.25) is 0 Å². The molecule has 2 nitrogen and oxygen atoms in total. The van der Waals surface area contributed by atoms with Crippen LogP contribution in [0.2, 0.25) is 0 Å². The van der Waals surface area contributed by atoms with Crippen LogP contribution < -0.4 is 4.74 Å². The third-order valence-corrected chi connectivity index (χ3v) is 1.92. The number of ether oxygens (including phenoxy) is 1. The minimum absolute atomic E-state index is 0.323. The summed E-state index contributed by atoms with van der Waals surface area (Å²) >= 11 is 0. The maximum absolute atomic E-state index is 12.5. The Morgan fingerprint density at radius 1 is 1.11 bits per heavy atom. The quantitative estimate of drug-likeness (QED) is 0.604. The lowest BCUT2D eigenvalue weighted by Crippen LogP contribution is -2.20. The van der Waals surface area contributed by atoms with Crippen LogP contribution in [0.5, 0.6) is 5.75 Å². The van der Waals surface area contributed by atoms with Crippen molar-refractivity contribution in [2.45, 2.75) is 19.5 Å². The highest BCUT2D eigenvalue weighted by Crippen LogP contribution is 2.38. The molecule has 0 atom stereocenters. The molecule has 0 unspecified atom stereocenters. The molecule has 0 spiro atoms. The van der Waals surface area contributed by atoms with E-state index in [9.17, 15) is 31.1 Å². The summed E-state index contributed by atoms with van der Waals surface area (Å²) in [6, 6.07) is 1.62. The maximum Gasteiger partial charge on any atom is 0.573 e. The number of Topliss-reactive ketones (excluding diaryl/α,β-unsaturated/α-hetero) is 1. The summed E-state index contributed by atoms with van der Waals surface area (Å²) in [5.41, 5.74) is -2.00. The zero-order valence-electron chi connectivity index (χ0n) is 8.82. The van der Waals surface area contributed by atoms with Gasteiger partial charge in [-0.15, -0.1) is 13.2 Å². The van der Waals surface area contributed by atoms with Crippen LogP contribution in [0.1, 0.15) is 22.8 Å². The lowest BCUT2D eigenvalue weighted by atomic mass is 10.1. The standard InChI is InChI=1S/C10H6F6O2/c1-5(17)6-2-3-8(18-10(14,15)16)7(4-6)9(11,12)13/h2-4H,1H3. The Morgan fingerprint density at radius 2 is 1.67 bits per heavy atom. The number of carbonyl (C=O) groups excluding carboxylic acids is 1. The number of benzene rings is 1. The molecule has 1 aromatic carbocycles. The third-order valence-electron chi connectivity index (χ3n) is 1.92. The minimum atomic E-state index is -5.24. The highest BCUT2D eigenvalue weighted by atomic mass is 19.4. The van der Waals surface area contributed by atoms with Crippen molar-refractivity contribution >= 4 is 5.78 Å². The van der Waals surface area contributed by atoms with E-state index in [4.69, 9.17) is 0 Å². The summed E-state index contributed by atoms with van der Waals surface area (Å²) in [6.45, 7) is 1.000. The number of hydrogen-bond acceptors (Lipinski definition) is 2. The predicted octanol–water partition coefficient (Wildman–Crippen LogP) is 3.81. The van der Waals surface area contributed by atoms with E-state index in [1.807, 2.05) is 0 Å². The summed E-state index contributed by atoms with van der Waals surface area (Å²) < 4.78 is 76.5. The molecule has 0 aliphatic carbocycles. The van der Waals surface area contributed by atoms with E-state index < -0.39 is 29.6 Å². The van der Waals surface area contributed by atoms with Gasteiger partial charge in [-0.3, -0.25) is 4.79 Å². The van der Waals surface area contributed by atoms with Gasteiger partial charge in [0, 0.05) is 5.56 Å². The Morgan fingerprint density at radius 3 is 2.06 bits per heavy atom. The lowest BCUT2D eigenvalue weighted by Gasteiger charge is -2.15. The first-order chi connectivity index (χ1) is 8.00. The first-order valence-corrected chi connectivity index (χ1v) is 4.48. The number of hydrogen-bond donors (Lipinski definition) is 0. The summed E-state index contributed by atoms with van der Waals surface area (Å²) in [5, 5.41) is 0. The van der Waals surface area contributed by atoms with Gasteiger partial charge in [0.15, 0.2) is 5.78 Å². The second-order valence-corrected chi connectivity index (χ2v) is 3.31. The lowest BCUT2D eigenvalue weighted by molar-refractivity contribution is -0.276. The summed E-state index contributed by atoms with van der Waals surface area (Å²) in [5.74, 6) is -2.08. The molecule has 0 fully saturated rings. The summed E-state index contributed by atoms with van der Waals surface area (Å²) in [7, 11) is 0. The molecule has 1 rings (SSSR count). The van der Waals surface area contributed by atoms with Crippen molar-refractivity contribution in [2.75, 3.05) is 0 Å². The van der Waals surface area contributed by atoms with E-state index in [1.165, 1.54) is 0 Å². The number of carbonyl (C=O) groups is 1. The van der Waals surface area contributed by atoms with Crippen molar-refractivity contribution in [3.05, 3.63) is 29.3 Å². The Balaban J connectivity index is 3.30. The molecule has 0 bridgehead atoms. The molecule has 0 N–H and O–H groups in total. The fourth-order valence-corrected chi connectivity index (χ4v) is 1.18. The molecule has 0 radical (unpaired) electrons. The molecule has 0 saturated heterocycles. The summed E-state index contributed by atoms with van der Waals surface area (Å²) in [4.78, 5) is 10.9. The molecule has 0 heterocycles. The Bertz CT molecular complexity index is 460. The fourth-order valence-electron chi connectivity index (χ4n) is 1.18. The van der Waals surface area contributed by atoms with Crippen molar-refractivity contribution in [2.24, 2.45) is 0 Å². The zero-order chi connectivity index (χ0) is 14.1. The van der Waals surface area contributed by atoms with Crippen LogP contribution in [0.15, 0.2) is 18.2 Å². The van der Waals surface area contributed by atoms with Crippen LogP contribution >= 0.6 is 0 Å². The van der Waals surface area contributed by atoms with Crippen molar-refractivity contribution in [3.8, 4) is 5.75 Å². The van der Waals surface area contributed by atoms with E-state index in [0.717, 1.165) is 13.0 Å². The van der Waals surface area contributed by atoms with Gasteiger partial charge in [-0.2, -0.15) is 13.2 Å². The Labute approximate surface area is 97.2 Å². The molecule has 1 aromatic rings. The largest absolute Gasteiger partial charge is 0.573 e. The number of rotatable bonds is 2. The molecule has 0 aromatic heterocycles. The van der Waals surface area contributed by atoms with Crippen molar-refractivity contribution < 1.29 is 35.9 Å². The van der Waals surface area contributed by atoms with E-state index in [1.54, 1.807) is 0 Å². The van der Waals surface area contributed by atoms with Crippen molar-refractivity contribution in [1.82, 2.24) is 0 Å². The highest BCUT2D eigenvalue weighted by Gasteiger charge is 2.39. The first kappa shape index (κ1) is 14.3. The van der Waals surface area contributed by atoms with Gasteiger partial charge in [0.05, 0.1) is 5.56 Å². The average molecular weight is 272 g/mol. The molecule has 100 valence electrons. The molecule has 0 aliphatic rings. The van der Waals surface area contributed by atoms with Crippen LogP contribution in [-0.4, -0.2) is 12.1 Å². The fraction of sp³-hybridized carbons (Fsp3) is 0.300. The van der Waals surface area contributed by atoms with Crippen LogP contribution in [0, 0.1) is 0 Å². The predicted molar refractivity (Wildman–Crippen MR) is 48.1 cm³/mol. The molecule has 18 heavy (non-hydrogen) atoms. The van der Waals surface area contributed by atoms with Crippen molar-refractivity contribution in [3.63, 3.8) is 0 Å². The van der Waals surface area contributed by atoms with Gasteiger partial charge in [-0.05, 0) is 25.1 Å². The number of halogens is 6. The van der Waals surface area contributed by atoms with Crippen LogP contribution in [-0.2, 0) is 6.18 Å². The van der Waals surface area contributed by atoms with Gasteiger partial charge in [-0.25, -0.2) is 0 Å². The summed E-state index contributed by atoms with van der Waals surface area (Å²) in [6.07, 6.45) is -10.3. The minimum Gasteiger partial charge on any atom is -0.405 e. The maximum atomic E-state index is 12.5. The number of ketones is 1. The molecule has 0 amide bonds. The second kappa shape index (κ2) is 4.51. The number of alkyl halides is 6. The van der Waals surface area contributed by atoms with Gasteiger partial charge in [-0.1, -0.05) is 0 Å². The topological polar surface area (TPSA) is 26.3 Å². The van der Waals surface area contributed by atoms with Gasteiger partial charge < -0.3 is 4.74 Å². The Kier molecular flexibility index (Phi) is 3.59. The van der Waals surface area contributed by atoms with Gasteiger partial charge in [0.25, 0.3) is 0 Å². The van der Waals surface area contributed by atoms with Gasteiger partial charge in [0.1, 0.15) is 5.75 Å². The highest BCUT2D eigenvalue weighted by molar-refractivity contribution is 5.94. The van der Waals surface area contributed by atoms with Crippen LogP contribution in [0.4, 0.5) is 26.3 Å². The second-order valence-electron chi connectivity index (χ2n) is 3.31. The molecule has 0 saturated carbocycles. The molecular weight excluding hydrogens is 266 g/mol. The van der Waals surface area contributed by atoms with Crippen LogP contribution in [0.25, 0.3) is 0 Å². The van der Waals surface area contributed by atoms with Crippen molar-refractivity contribution in [1.29, 1.82) is 0 Å². The van der Waals surface area contributed by atoms with E-state index in [2.05, 4.69) is 4.74 Å². The average Bonchev–Trinajstić information content (AvgIpc) is 2.13. The van der Waals surface area contributed by atoms with Gasteiger partial charge >= 0.3 is 12.5 Å².